The van der Waals surface area contributed by atoms with Gasteiger partial charge in [-0.05, 0) is 13.0 Å². The summed E-state index contributed by atoms with van der Waals surface area (Å²) in [5.41, 5.74) is 2.25. The van der Waals surface area contributed by atoms with Crippen molar-refractivity contribution in [2.45, 2.75) is 26.8 Å². The van der Waals surface area contributed by atoms with Crippen molar-refractivity contribution in [1.82, 2.24) is 15.3 Å². The van der Waals surface area contributed by atoms with Gasteiger partial charge in [0.05, 0.1) is 17.8 Å². The van der Waals surface area contributed by atoms with Crippen molar-refractivity contribution in [2.75, 3.05) is 0 Å². The maximum Gasteiger partial charge on any atom is 0.253 e. The quantitative estimate of drug-likeness (QED) is 0.845. The van der Waals surface area contributed by atoms with E-state index in [0.29, 0.717) is 18.0 Å². The van der Waals surface area contributed by atoms with E-state index in [1.165, 1.54) is 0 Å². The van der Waals surface area contributed by atoms with E-state index in [1.807, 2.05) is 13.8 Å². The zero-order chi connectivity index (χ0) is 12.3. The van der Waals surface area contributed by atoms with Crippen LogP contribution in [0.2, 0.25) is 0 Å². The molecule has 0 atom stereocenters. The van der Waals surface area contributed by atoms with Crippen LogP contribution in [0.4, 0.5) is 0 Å². The molecule has 2 aromatic heterocycles. The first-order valence-corrected chi connectivity index (χ1v) is 5.56. The van der Waals surface area contributed by atoms with Crippen molar-refractivity contribution in [3.63, 3.8) is 0 Å². The van der Waals surface area contributed by atoms with E-state index in [-0.39, 0.29) is 5.91 Å². The molecule has 2 N–H and O–H groups in total. The molecule has 90 valence electrons. The summed E-state index contributed by atoms with van der Waals surface area (Å²) >= 11 is 0. The van der Waals surface area contributed by atoms with Gasteiger partial charge in [-0.1, -0.05) is 6.92 Å². The largest absolute Gasteiger partial charge is 0.449 e. The molecule has 0 aliphatic carbocycles. The van der Waals surface area contributed by atoms with E-state index in [4.69, 9.17) is 4.42 Å². The van der Waals surface area contributed by atoms with E-state index in [9.17, 15) is 4.79 Å². The molecule has 0 aliphatic rings. The van der Waals surface area contributed by atoms with Crippen LogP contribution in [0.1, 0.15) is 34.6 Å². The van der Waals surface area contributed by atoms with Crippen molar-refractivity contribution in [3.05, 3.63) is 41.4 Å². The van der Waals surface area contributed by atoms with Crippen molar-refractivity contribution < 1.29 is 9.21 Å². The van der Waals surface area contributed by atoms with Gasteiger partial charge in [-0.15, -0.1) is 0 Å². The summed E-state index contributed by atoms with van der Waals surface area (Å²) in [7, 11) is 0. The molecule has 0 saturated carbocycles. The highest BCUT2D eigenvalue weighted by Crippen LogP contribution is 2.06. The van der Waals surface area contributed by atoms with E-state index in [1.54, 1.807) is 18.5 Å². The van der Waals surface area contributed by atoms with Crippen LogP contribution in [0, 0.1) is 6.92 Å². The molecule has 0 spiro atoms. The van der Waals surface area contributed by atoms with Gasteiger partial charge in [-0.2, -0.15) is 0 Å². The number of hydrogen-bond acceptors (Lipinski definition) is 3. The molecule has 5 heteroatoms. The second-order valence-electron chi connectivity index (χ2n) is 3.79. The van der Waals surface area contributed by atoms with Gasteiger partial charge in [0.15, 0.2) is 5.89 Å². The Balaban J connectivity index is 1.94. The topological polar surface area (TPSA) is 70.9 Å². The fraction of sp³-hybridized carbons (Fsp3) is 0.333. The molecule has 0 saturated heterocycles. The van der Waals surface area contributed by atoms with Crippen LogP contribution in [0.5, 0.6) is 0 Å². The van der Waals surface area contributed by atoms with Crippen LogP contribution in [-0.4, -0.2) is 15.9 Å². The highest BCUT2D eigenvalue weighted by Gasteiger charge is 2.10. The molecular weight excluding hydrogens is 218 g/mol. The molecule has 1 amide bonds. The monoisotopic (exact) mass is 233 g/mol. The van der Waals surface area contributed by atoms with E-state index in [0.717, 1.165) is 17.8 Å². The fourth-order valence-corrected chi connectivity index (χ4v) is 1.56. The molecule has 0 aromatic carbocycles. The van der Waals surface area contributed by atoms with Gasteiger partial charge in [0.2, 0.25) is 0 Å². The second-order valence-corrected chi connectivity index (χ2v) is 3.79. The standard InChI is InChI=1S/C12H15N3O2/c1-3-11-15-9(7-17-11)6-14-12(16)10-4-5-13-8(10)2/h4-5,7,13H,3,6H2,1-2H3,(H,14,16). The Kier molecular flexibility index (Phi) is 3.27. The molecule has 5 nitrogen and oxygen atoms in total. The summed E-state index contributed by atoms with van der Waals surface area (Å²) in [6, 6.07) is 1.75. The lowest BCUT2D eigenvalue weighted by Gasteiger charge is -2.01. The number of aryl methyl sites for hydroxylation is 2. The van der Waals surface area contributed by atoms with Crippen LogP contribution >= 0.6 is 0 Å². The Labute approximate surface area is 99.2 Å². The molecule has 17 heavy (non-hydrogen) atoms. The van der Waals surface area contributed by atoms with Crippen molar-refractivity contribution >= 4 is 5.91 Å². The normalized spacial score (nSPS) is 10.5. The van der Waals surface area contributed by atoms with Gasteiger partial charge >= 0.3 is 0 Å². The Morgan fingerprint density at radius 2 is 2.41 bits per heavy atom. The number of aromatic amines is 1. The highest BCUT2D eigenvalue weighted by atomic mass is 16.3. The van der Waals surface area contributed by atoms with Crippen LogP contribution in [0.3, 0.4) is 0 Å². The molecule has 2 heterocycles. The first-order chi connectivity index (χ1) is 8.20. The minimum atomic E-state index is -0.107. The van der Waals surface area contributed by atoms with Crippen LogP contribution in [-0.2, 0) is 13.0 Å². The average Bonchev–Trinajstić information content (AvgIpc) is 2.94. The molecule has 2 aromatic rings. The Hall–Kier alpha value is -2.04. The molecule has 0 unspecified atom stereocenters. The number of aromatic nitrogens is 2. The highest BCUT2D eigenvalue weighted by molar-refractivity contribution is 5.95. The number of oxazole rings is 1. The van der Waals surface area contributed by atoms with Gasteiger partial charge in [0, 0.05) is 18.3 Å². The minimum Gasteiger partial charge on any atom is -0.449 e. The summed E-state index contributed by atoms with van der Waals surface area (Å²) < 4.78 is 5.19. The van der Waals surface area contributed by atoms with Gasteiger partial charge < -0.3 is 14.7 Å². The average molecular weight is 233 g/mol. The third-order valence-corrected chi connectivity index (χ3v) is 2.53. The molecule has 0 aliphatic heterocycles. The summed E-state index contributed by atoms with van der Waals surface area (Å²) in [6.45, 7) is 4.21. The number of rotatable bonds is 4. The first kappa shape index (κ1) is 11.4. The minimum absolute atomic E-state index is 0.107. The number of carbonyl (C=O) groups excluding carboxylic acids is 1. The maximum absolute atomic E-state index is 11.8. The lowest BCUT2D eigenvalue weighted by molar-refractivity contribution is 0.0950. The number of nitrogens with zero attached hydrogens (tertiary/aromatic N) is 1. The summed E-state index contributed by atoms with van der Waals surface area (Å²) in [6.07, 6.45) is 4.07. The maximum atomic E-state index is 11.8. The number of amides is 1. The zero-order valence-corrected chi connectivity index (χ0v) is 9.91. The number of hydrogen-bond donors (Lipinski definition) is 2. The lowest BCUT2D eigenvalue weighted by Crippen LogP contribution is -2.23. The number of carbonyl (C=O) groups is 1. The van der Waals surface area contributed by atoms with Crippen molar-refractivity contribution in [3.8, 4) is 0 Å². The predicted octanol–water partition coefficient (Wildman–Crippen LogP) is 1.80. The SMILES string of the molecule is CCc1nc(CNC(=O)c2cc[nH]c2C)co1. The van der Waals surface area contributed by atoms with Gasteiger partial charge in [-0.25, -0.2) is 4.98 Å². The van der Waals surface area contributed by atoms with E-state index >= 15 is 0 Å². The number of H-pyrrole nitrogens is 1. The molecule has 0 radical (unpaired) electrons. The number of nitrogens with one attached hydrogen (secondary N) is 2. The molecular formula is C12H15N3O2. The van der Waals surface area contributed by atoms with E-state index < -0.39 is 0 Å². The molecule has 0 bridgehead atoms. The predicted molar refractivity (Wildman–Crippen MR) is 62.6 cm³/mol. The van der Waals surface area contributed by atoms with E-state index in [2.05, 4.69) is 15.3 Å². The summed E-state index contributed by atoms with van der Waals surface area (Å²) in [5, 5.41) is 2.80. The smallest absolute Gasteiger partial charge is 0.253 e. The van der Waals surface area contributed by atoms with Crippen molar-refractivity contribution in [2.24, 2.45) is 0 Å². The van der Waals surface area contributed by atoms with Crippen LogP contribution in [0.25, 0.3) is 0 Å². The lowest BCUT2D eigenvalue weighted by atomic mass is 10.2. The first-order valence-electron chi connectivity index (χ1n) is 5.56. The van der Waals surface area contributed by atoms with Crippen LogP contribution < -0.4 is 5.32 Å². The third kappa shape index (κ3) is 2.55. The Morgan fingerprint density at radius 3 is 3.00 bits per heavy atom. The van der Waals surface area contributed by atoms with Gasteiger partial charge in [0.1, 0.15) is 6.26 Å². The second kappa shape index (κ2) is 4.86. The fourth-order valence-electron chi connectivity index (χ4n) is 1.56. The summed E-state index contributed by atoms with van der Waals surface area (Å²) in [5.74, 6) is 0.580. The molecule has 0 fully saturated rings. The van der Waals surface area contributed by atoms with Gasteiger partial charge in [0.25, 0.3) is 5.91 Å². The zero-order valence-electron chi connectivity index (χ0n) is 9.91. The van der Waals surface area contributed by atoms with Crippen molar-refractivity contribution in [1.29, 1.82) is 0 Å². The molecule has 2 rings (SSSR count). The third-order valence-electron chi connectivity index (χ3n) is 2.53. The van der Waals surface area contributed by atoms with Crippen LogP contribution in [0.15, 0.2) is 22.9 Å². The Morgan fingerprint density at radius 1 is 1.59 bits per heavy atom. The summed E-state index contributed by atoms with van der Waals surface area (Å²) in [4.78, 5) is 19.0. The van der Waals surface area contributed by atoms with Gasteiger partial charge in [-0.3, -0.25) is 4.79 Å². The Bertz CT molecular complexity index is 513.